The van der Waals surface area contributed by atoms with E-state index in [1.165, 1.54) is 34.4 Å². The third-order valence-corrected chi connectivity index (χ3v) is 3.69. The first-order chi connectivity index (χ1) is 12.1. The van der Waals surface area contributed by atoms with Crippen molar-refractivity contribution in [3.63, 3.8) is 0 Å². The lowest BCUT2D eigenvalue weighted by atomic mass is 10.1. The van der Waals surface area contributed by atoms with Crippen LogP contribution in [0.4, 0.5) is 5.69 Å². The Hall–Kier alpha value is -3.55. The molecule has 126 valence electrons. The van der Waals surface area contributed by atoms with Crippen molar-refractivity contribution in [2.75, 3.05) is 7.05 Å². The third kappa shape index (κ3) is 3.52. The zero-order chi connectivity index (χ0) is 17.8. The summed E-state index contributed by atoms with van der Waals surface area (Å²) in [5, 5.41) is 15.3. The topological polar surface area (TPSA) is 94.2 Å². The molecular formula is C17H15N5O3. The number of nitro benzene ring substituents is 1. The van der Waals surface area contributed by atoms with Crippen molar-refractivity contribution < 1.29 is 9.72 Å². The maximum Gasteiger partial charge on any atom is 0.295 e. The van der Waals surface area contributed by atoms with Crippen molar-refractivity contribution in [3.8, 4) is 5.69 Å². The Kier molecular flexibility index (Phi) is 4.51. The van der Waals surface area contributed by atoms with Gasteiger partial charge in [-0.15, -0.1) is 0 Å². The molecule has 8 nitrogen and oxygen atoms in total. The van der Waals surface area contributed by atoms with Crippen LogP contribution in [0.1, 0.15) is 15.9 Å². The summed E-state index contributed by atoms with van der Waals surface area (Å²) in [5.74, 6) is -0.294. The van der Waals surface area contributed by atoms with E-state index in [0.717, 1.165) is 5.56 Å². The normalized spacial score (nSPS) is 10.4. The number of hydrogen-bond donors (Lipinski definition) is 0. The SMILES string of the molecule is CN(Cc1ccccc1)C(=O)c1ccc(-n2cncn2)c([N+](=O)[O-])c1. The Labute approximate surface area is 143 Å². The molecule has 8 heteroatoms. The Morgan fingerprint density at radius 2 is 2.00 bits per heavy atom. The molecule has 0 atom stereocenters. The molecule has 2 aromatic carbocycles. The van der Waals surface area contributed by atoms with Crippen LogP contribution < -0.4 is 0 Å². The Balaban J connectivity index is 1.88. The minimum absolute atomic E-state index is 0.204. The lowest BCUT2D eigenvalue weighted by Gasteiger charge is -2.17. The number of hydrogen-bond acceptors (Lipinski definition) is 5. The first-order valence-corrected chi connectivity index (χ1v) is 7.49. The average molecular weight is 337 g/mol. The van der Waals surface area contributed by atoms with Crippen LogP contribution in [0, 0.1) is 10.1 Å². The molecule has 25 heavy (non-hydrogen) atoms. The number of aromatic nitrogens is 3. The van der Waals surface area contributed by atoms with Crippen molar-refractivity contribution in [3.05, 3.63) is 82.4 Å². The van der Waals surface area contributed by atoms with Gasteiger partial charge in [-0.25, -0.2) is 9.67 Å². The van der Waals surface area contributed by atoms with Gasteiger partial charge in [0.2, 0.25) is 0 Å². The van der Waals surface area contributed by atoms with Crippen molar-refractivity contribution in [1.82, 2.24) is 19.7 Å². The molecule has 0 radical (unpaired) electrons. The molecule has 0 aliphatic carbocycles. The summed E-state index contributed by atoms with van der Waals surface area (Å²) in [6.07, 6.45) is 2.65. The van der Waals surface area contributed by atoms with Gasteiger partial charge in [-0.05, 0) is 17.7 Å². The van der Waals surface area contributed by atoms with E-state index in [2.05, 4.69) is 10.1 Å². The van der Waals surface area contributed by atoms with Gasteiger partial charge in [0.1, 0.15) is 18.3 Å². The smallest absolute Gasteiger partial charge is 0.295 e. The summed E-state index contributed by atoms with van der Waals surface area (Å²) >= 11 is 0. The maximum atomic E-state index is 12.6. The van der Waals surface area contributed by atoms with Crippen molar-refractivity contribution in [2.24, 2.45) is 0 Å². The molecule has 0 bridgehead atoms. The van der Waals surface area contributed by atoms with Gasteiger partial charge in [-0.3, -0.25) is 14.9 Å². The van der Waals surface area contributed by atoms with Gasteiger partial charge in [0.25, 0.3) is 11.6 Å². The second kappa shape index (κ2) is 6.91. The first-order valence-electron chi connectivity index (χ1n) is 7.49. The molecule has 0 unspecified atom stereocenters. The number of carbonyl (C=O) groups is 1. The van der Waals surface area contributed by atoms with Gasteiger partial charge in [0.15, 0.2) is 0 Å². The predicted octanol–water partition coefficient (Wildman–Crippen LogP) is 2.45. The van der Waals surface area contributed by atoms with Crippen LogP contribution in [0.5, 0.6) is 0 Å². The molecule has 0 fully saturated rings. The minimum Gasteiger partial charge on any atom is -0.337 e. The molecule has 0 spiro atoms. The number of nitrogens with zero attached hydrogens (tertiary/aromatic N) is 5. The monoisotopic (exact) mass is 337 g/mol. The first kappa shape index (κ1) is 16.3. The molecule has 1 amide bonds. The van der Waals surface area contributed by atoms with E-state index in [4.69, 9.17) is 0 Å². The number of benzene rings is 2. The zero-order valence-electron chi connectivity index (χ0n) is 13.4. The van der Waals surface area contributed by atoms with Crippen molar-refractivity contribution >= 4 is 11.6 Å². The third-order valence-electron chi connectivity index (χ3n) is 3.69. The fourth-order valence-corrected chi connectivity index (χ4v) is 2.48. The van der Waals surface area contributed by atoms with Crippen LogP contribution in [0.15, 0.2) is 61.2 Å². The molecule has 1 heterocycles. The fraction of sp³-hybridized carbons (Fsp3) is 0.118. The van der Waals surface area contributed by atoms with E-state index in [0.29, 0.717) is 6.54 Å². The second-order valence-corrected chi connectivity index (χ2v) is 5.45. The maximum absolute atomic E-state index is 12.6. The molecule has 0 saturated carbocycles. The average Bonchev–Trinajstić information content (AvgIpc) is 3.16. The minimum atomic E-state index is -0.537. The quantitative estimate of drug-likeness (QED) is 0.526. The molecule has 0 N–H and O–H groups in total. The summed E-state index contributed by atoms with van der Waals surface area (Å²) in [7, 11) is 1.66. The molecule has 3 aromatic rings. The predicted molar refractivity (Wildman–Crippen MR) is 90.3 cm³/mol. The molecule has 1 aromatic heterocycles. The Bertz CT molecular complexity index is 894. The van der Waals surface area contributed by atoms with Crippen molar-refractivity contribution in [2.45, 2.75) is 6.54 Å². The van der Waals surface area contributed by atoms with E-state index in [9.17, 15) is 14.9 Å². The summed E-state index contributed by atoms with van der Waals surface area (Å²) in [4.78, 5) is 28.7. The van der Waals surface area contributed by atoms with Crippen LogP contribution in [0.2, 0.25) is 0 Å². The second-order valence-electron chi connectivity index (χ2n) is 5.45. The lowest BCUT2D eigenvalue weighted by Crippen LogP contribution is -2.26. The highest BCUT2D eigenvalue weighted by molar-refractivity contribution is 5.95. The van der Waals surface area contributed by atoms with Crippen molar-refractivity contribution in [1.29, 1.82) is 0 Å². The van der Waals surface area contributed by atoms with Gasteiger partial charge in [-0.1, -0.05) is 30.3 Å². The number of rotatable bonds is 5. The van der Waals surface area contributed by atoms with Gasteiger partial charge < -0.3 is 4.90 Å². The summed E-state index contributed by atoms with van der Waals surface area (Å²) < 4.78 is 1.29. The molecule has 0 saturated heterocycles. The zero-order valence-corrected chi connectivity index (χ0v) is 13.4. The highest BCUT2D eigenvalue weighted by Gasteiger charge is 2.21. The number of carbonyl (C=O) groups excluding carboxylic acids is 1. The van der Waals surface area contributed by atoms with Gasteiger partial charge in [0, 0.05) is 25.2 Å². The molecule has 3 rings (SSSR count). The number of nitro groups is 1. The van der Waals surface area contributed by atoms with E-state index < -0.39 is 4.92 Å². The van der Waals surface area contributed by atoms with E-state index >= 15 is 0 Å². The standard InChI is InChI=1S/C17H15N5O3/c1-20(10-13-5-3-2-4-6-13)17(23)14-7-8-15(16(9-14)22(24)25)21-12-18-11-19-21/h2-9,11-12H,10H2,1H3. The van der Waals surface area contributed by atoms with Crippen LogP contribution >= 0.6 is 0 Å². The van der Waals surface area contributed by atoms with E-state index in [-0.39, 0.29) is 22.8 Å². The fourth-order valence-electron chi connectivity index (χ4n) is 2.48. The summed E-state index contributed by atoms with van der Waals surface area (Å²) in [6.45, 7) is 0.415. The largest absolute Gasteiger partial charge is 0.337 e. The summed E-state index contributed by atoms with van der Waals surface area (Å²) in [5.41, 5.74) is 1.27. The van der Waals surface area contributed by atoms with Crippen LogP contribution in [0.3, 0.4) is 0 Å². The van der Waals surface area contributed by atoms with Gasteiger partial charge >= 0.3 is 0 Å². The highest BCUT2D eigenvalue weighted by atomic mass is 16.6. The van der Waals surface area contributed by atoms with Crippen LogP contribution in [-0.4, -0.2) is 37.5 Å². The van der Waals surface area contributed by atoms with E-state index in [1.54, 1.807) is 13.1 Å². The molecule has 0 aliphatic rings. The van der Waals surface area contributed by atoms with E-state index in [1.807, 2.05) is 30.3 Å². The summed E-state index contributed by atoms with van der Waals surface area (Å²) in [6, 6.07) is 13.8. The molecule has 0 aliphatic heterocycles. The molecular weight excluding hydrogens is 322 g/mol. The lowest BCUT2D eigenvalue weighted by molar-refractivity contribution is -0.384. The Morgan fingerprint density at radius 1 is 1.24 bits per heavy atom. The van der Waals surface area contributed by atoms with Gasteiger partial charge in [-0.2, -0.15) is 5.10 Å². The highest BCUT2D eigenvalue weighted by Crippen LogP contribution is 2.24. The Morgan fingerprint density at radius 3 is 2.64 bits per heavy atom. The van der Waals surface area contributed by atoms with Gasteiger partial charge in [0.05, 0.1) is 4.92 Å². The van der Waals surface area contributed by atoms with Crippen LogP contribution in [0.25, 0.3) is 5.69 Å². The van der Waals surface area contributed by atoms with Crippen LogP contribution in [-0.2, 0) is 6.54 Å². The number of amides is 1.